The first kappa shape index (κ1) is 11.6. The van der Waals surface area contributed by atoms with E-state index in [0.29, 0.717) is 12.0 Å². The zero-order chi connectivity index (χ0) is 11.5. The van der Waals surface area contributed by atoms with E-state index < -0.39 is 0 Å². The fourth-order valence-electron chi connectivity index (χ4n) is 2.91. The van der Waals surface area contributed by atoms with E-state index in [9.17, 15) is 0 Å². The van der Waals surface area contributed by atoms with Gasteiger partial charge in [0.25, 0.3) is 0 Å². The Hall–Kier alpha value is -0.830. The minimum absolute atomic E-state index is 0.324. The second-order valence-electron chi connectivity index (χ2n) is 4.93. The summed E-state index contributed by atoms with van der Waals surface area (Å²) in [4.78, 5) is 0. The van der Waals surface area contributed by atoms with Gasteiger partial charge >= 0.3 is 0 Å². The van der Waals surface area contributed by atoms with Gasteiger partial charge in [0, 0.05) is 30.4 Å². The second-order valence-corrected chi connectivity index (χ2v) is 4.93. The van der Waals surface area contributed by atoms with Crippen molar-refractivity contribution in [3.63, 3.8) is 0 Å². The molecule has 0 radical (unpaired) electrons. The summed E-state index contributed by atoms with van der Waals surface area (Å²) >= 11 is 0. The van der Waals surface area contributed by atoms with Crippen LogP contribution in [0.15, 0.2) is 12.3 Å². The van der Waals surface area contributed by atoms with E-state index in [2.05, 4.69) is 29.7 Å². The van der Waals surface area contributed by atoms with Crippen LogP contribution in [0, 0.1) is 5.92 Å². The molecule has 3 heteroatoms. The van der Waals surface area contributed by atoms with E-state index in [1.165, 1.54) is 25.0 Å². The van der Waals surface area contributed by atoms with Gasteiger partial charge in [-0.15, -0.1) is 0 Å². The Bertz CT molecular complexity index is 332. The summed E-state index contributed by atoms with van der Waals surface area (Å²) in [5.41, 5.74) is 7.61. The third kappa shape index (κ3) is 2.14. The first-order valence-electron chi connectivity index (χ1n) is 6.53. The average Bonchev–Trinajstić information content (AvgIpc) is 2.77. The third-order valence-electron chi connectivity index (χ3n) is 4.02. The number of rotatable bonds is 3. The first-order chi connectivity index (χ1) is 7.76. The van der Waals surface area contributed by atoms with Crippen LogP contribution >= 0.6 is 0 Å². The summed E-state index contributed by atoms with van der Waals surface area (Å²) in [6.07, 6.45) is 6.89. The molecule has 0 bridgehead atoms. The van der Waals surface area contributed by atoms with E-state index in [-0.39, 0.29) is 0 Å². The van der Waals surface area contributed by atoms with Crippen molar-refractivity contribution < 1.29 is 0 Å². The molecule has 16 heavy (non-hydrogen) atoms. The highest BCUT2D eigenvalue weighted by Crippen LogP contribution is 2.36. The average molecular weight is 221 g/mol. The van der Waals surface area contributed by atoms with Crippen LogP contribution in [0.4, 0.5) is 0 Å². The molecule has 2 rings (SSSR count). The van der Waals surface area contributed by atoms with E-state index >= 15 is 0 Å². The molecule has 0 spiro atoms. The number of hydrogen-bond donors (Lipinski definition) is 1. The van der Waals surface area contributed by atoms with Gasteiger partial charge < -0.3 is 5.73 Å². The van der Waals surface area contributed by atoms with Crippen LogP contribution in [0.1, 0.15) is 51.1 Å². The maximum Gasteiger partial charge on any atom is 0.0492 e. The molecule has 1 aliphatic carbocycles. The zero-order valence-electron chi connectivity index (χ0n) is 10.4. The first-order valence-corrected chi connectivity index (χ1v) is 6.53. The van der Waals surface area contributed by atoms with Gasteiger partial charge in [0.1, 0.15) is 0 Å². The number of aromatic nitrogens is 2. The normalized spacial score (nSPS) is 30.6. The lowest BCUT2D eigenvalue weighted by atomic mass is 9.76. The van der Waals surface area contributed by atoms with Crippen LogP contribution < -0.4 is 5.73 Å². The molecule has 0 aliphatic heterocycles. The fourth-order valence-corrected chi connectivity index (χ4v) is 2.91. The molecule has 1 aromatic rings. The molecule has 1 saturated carbocycles. The quantitative estimate of drug-likeness (QED) is 0.852. The van der Waals surface area contributed by atoms with Crippen LogP contribution in [-0.4, -0.2) is 15.8 Å². The van der Waals surface area contributed by atoms with Crippen molar-refractivity contribution in [2.75, 3.05) is 0 Å². The largest absolute Gasteiger partial charge is 0.327 e. The Labute approximate surface area is 98.0 Å². The lowest BCUT2D eigenvalue weighted by Gasteiger charge is -2.34. The smallest absolute Gasteiger partial charge is 0.0492 e. The minimum atomic E-state index is 0.324. The van der Waals surface area contributed by atoms with Gasteiger partial charge in [-0.05, 0) is 38.2 Å². The number of aryl methyl sites for hydroxylation is 1. The Kier molecular flexibility index (Phi) is 3.64. The molecule has 0 amide bonds. The molecule has 90 valence electrons. The van der Waals surface area contributed by atoms with Crippen molar-refractivity contribution >= 4 is 0 Å². The molecule has 0 saturated heterocycles. The highest BCUT2D eigenvalue weighted by atomic mass is 15.3. The molecular weight excluding hydrogens is 198 g/mol. The van der Waals surface area contributed by atoms with Gasteiger partial charge in [0.2, 0.25) is 0 Å². The lowest BCUT2D eigenvalue weighted by molar-refractivity contribution is 0.273. The third-order valence-corrected chi connectivity index (χ3v) is 4.02. The van der Waals surface area contributed by atoms with Crippen LogP contribution in [0.3, 0.4) is 0 Å². The Balaban J connectivity index is 2.17. The molecular formula is C13H23N3. The highest BCUT2D eigenvalue weighted by molar-refractivity contribution is 5.12. The monoisotopic (exact) mass is 221 g/mol. The maximum atomic E-state index is 6.27. The van der Waals surface area contributed by atoms with Crippen molar-refractivity contribution in [3.8, 4) is 0 Å². The van der Waals surface area contributed by atoms with Crippen molar-refractivity contribution in [1.29, 1.82) is 0 Å². The van der Waals surface area contributed by atoms with Crippen LogP contribution in [-0.2, 0) is 6.54 Å². The van der Waals surface area contributed by atoms with E-state index in [1.54, 1.807) is 0 Å². The van der Waals surface area contributed by atoms with Crippen LogP contribution in [0.25, 0.3) is 0 Å². The predicted molar refractivity (Wildman–Crippen MR) is 66.2 cm³/mol. The minimum Gasteiger partial charge on any atom is -0.327 e. The predicted octanol–water partition coefficient (Wildman–Crippen LogP) is 2.52. The Morgan fingerprint density at radius 3 is 2.94 bits per heavy atom. The molecule has 0 aromatic carbocycles. The number of nitrogens with zero attached hydrogens (tertiary/aromatic N) is 2. The summed E-state index contributed by atoms with van der Waals surface area (Å²) in [5.74, 6) is 1.37. The number of hydrogen-bond acceptors (Lipinski definition) is 2. The van der Waals surface area contributed by atoms with Gasteiger partial charge in [-0.25, -0.2) is 0 Å². The molecule has 3 unspecified atom stereocenters. The van der Waals surface area contributed by atoms with Crippen molar-refractivity contribution in [3.05, 3.63) is 18.0 Å². The summed E-state index contributed by atoms with van der Waals surface area (Å²) in [5, 5.41) is 4.36. The van der Waals surface area contributed by atoms with Gasteiger partial charge in [0.15, 0.2) is 0 Å². The molecule has 1 fully saturated rings. The summed E-state index contributed by atoms with van der Waals surface area (Å²) in [7, 11) is 0. The van der Waals surface area contributed by atoms with Crippen molar-refractivity contribution in [2.24, 2.45) is 11.7 Å². The molecule has 3 nitrogen and oxygen atoms in total. The van der Waals surface area contributed by atoms with Crippen molar-refractivity contribution in [2.45, 2.75) is 58.0 Å². The van der Waals surface area contributed by atoms with Gasteiger partial charge in [-0.2, -0.15) is 5.10 Å². The van der Waals surface area contributed by atoms with Gasteiger partial charge in [-0.1, -0.05) is 13.3 Å². The fraction of sp³-hybridized carbons (Fsp3) is 0.769. The van der Waals surface area contributed by atoms with Crippen LogP contribution in [0.2, 0.25) is 0 Å². The Morgan fingerprint density at radius 2 is 2.25 bits per heavy atom. The topological polar surface area (TPSA) is 43.8 Å². The summed E-state index contributed by atoms with van der Waals surface area (Å²) in [6.45, 7) is 5.38. The SMILES string of the molecule is CCC1CCC(N)C(c2ccnn2CC)C1. The standard InChI is InChI=1S/C13H23N3/c1-3-10-5-6-12(14)11(9-10)13-7-8-15-16(13)4-2/h7-8,10-12H,3-6,9,14H2,1-2H3. The molecule has 2 N–H and O–H groups in total. The summed E-state index contributed by atoms with van der Waals surface area (Å²) in [6, 6.07) is 2.47. The maximum absolute atomic E-state index is 6.27. The zero-order valence-corrected chi connectivity index (χ0v) is 10.4. The van der Waals surface area contributed by atoms with Crippen molar-refractivity contribution in [1.82, 2.24) is 9.78 Å². The van der Waals surface area contributed by atoms with Crippen LogP contribution in [0.5, 0.6) is 0 Å². The van der Waals surface area contributed by atoms with Gasteiger partial charge in [-0.3, -0.25) is 4.68 Å². The molecule has 1 heterocycles. The Morgan fingerprint density at radius 1 is 1.44 bits per heavy atom. The second kappa shape index (κ2) is 5.00. The van der Waals surface area contributed by atoms with E-state index in [0.717, 1.165) is 18.9 Å². The molecule has 1 aliphatic rings. The highest BCUT2D eigenvalue weighted by Gasteiger charge is 2.30. The van der Waals surface area contributed by atoms with E-state index in [1.807, 2.05) is 6.20 Å². The molecule has 1 aromatic heterocycles. The number of nitrogens with two attached hydrogens (primary N) is 1. The molecule has 3 atom stereocenters. The van der Waals surface area contributed by atoms with Gasteiger partial charge in [0.05, 0.1) is 0 Å². The van der Waals surface area contributed by atoms with E-state index in [4.69, 9.17) is 5.73 Å². The summed E-state index contributed by atoms with van der Waals surface area (Å²) < 4.78 is 2.10. The lowest BCUT2D eigenvalue weighted by Crippen LogP contribution is -2.35.